The highest BCUT2D eigenvalue weighted by Gasteiger charge is 2.17. The standard InChI is InChI=1S/C16H18N4O2/c1-10-6-13(11-2-3-14-15(7-11)22-9-21-14)20-16(18-10)19-12-4-5-17-8-12/h2-3,6-7,12,17H,4-5,8-9H2,1H3,(H,18,19,20). The van der Waals surface area contributed by atoms with Crippen LogP contribution >= 0.6 is 0 Å². The first-order valence-electron chi connectivity index (χ1n) is 7.51. The topological polar surface area (TPSA) is 68.3 Å². The van der Waals surface area contributed by atoms with Crippen molar-refractivity contribution in [3.05, 3.63) is 30.0 Å². The number of nitrogens with one attached hydrogen (secondary N) is 2. The first-order valence-corrected chi connectivity index (χ1v) is 7.51. The van der Waals surface area contributed by atoms with Crippen LogP contribution in [0.1, 0.15) is 12.1 Å². The second-order valence-corrected chi connectivity index (χ2v) is 5.62. The molecule has 2 aliphatic heterocycles. The van der Waals surface area contributed by atoms with Crippen LogP contribution in [0.25, 0.3) is 11.3 Å². The third-order valence-electron chi connectivity index (χ3n) is 3.92. The maximum Gasteiger partial charge on any atom is 0.231 e. The summed E-state index contributed by atoms with van der Waals surface area (Å²) in [6, 6.07) is 8.26. The van der Waals surface area contributed by atoms with Gasteiger partial charge in [0.05, 0.1) is 5.69 Å². The first kappa shape index (κ1) is 13.3. The number of nitrogens with zero attached hydrogens (tertiary/aromatic N) is 2. The van der Waals surface area contributed by atoms with Gasteiger partial charge < -0.3 is 20.1 Å². The van der Waals surface area contributed by atoms with Gasteiger partial charge in [-0.1, -0.05) is 0 Å². The second kappa shape index (κ2) is 5.46. The Hall–Kier alpha value is -2.34. The third-order valence-corrected chi connectivity index (χ3v) is 3.92. The molecule has 1 aromatic heterocycles. The maximum atomic E-state index is 5.44. The summed E-state index contributed by atoms with van der Waals surface area (Å²) in [7, 11) is 0. The van der Waals surface area contributed by atoms with Gasteiger partial charge in [-0.2, -0.15) is 0 Å². The van der Waals surface area contributed by atoms with Crippen molar-refractivity contribution >= 4 is 5.95 Å². The van der Waals surface area contributed by atoms with Crippen molar-refractivity contribution in [2.24, 2.45) is 0 Å². The van der Waals surface area contributed by atoms with E-state index in [2.05, 4.69) is 20.6 Å². The molecular formula is C16H18N4O2. The fourth-order valence-electron chi connectivity index (χ4n) is 2.80. The molecular weight excluding hydrogens is 280 g/mol. The molecule has 1 fully saturated rings. The molecule has 2 N–H and O–H groups in total. The minimum absolute atomic E-state index is 0.281. The molecule has 0 spiro atoms. The molecule has 1 unspecified atom stereocenters. The molecule has 22 heavy (non-hydrogen) atoms. The molecule has 2 aliphatic rings. The van der Waals surface area contributed by atoms with Gasteiger partial charge in [0, 0.05) is 23.8 Å². The van der Waals surface area contributed by atoms with Gasteiger partial charge in [-0.15, -0.1) is 0 Å². The average molecular weight is 298 g/mol. The van der Waals surface area contributed by atoms with Gasteiger partial charge in [-0.25, -0.2) is 9.97 Å². The number of rotatable bonds is 3. The van der Waals surface area contributed by atoms with E-state index in [0.29, 0.717) is 12.0 Å². The van der Waals surface area contributed by atoms with Crippen LogP contribution in [-0.4, -0.2) is 35.9 Å². The number of aryl methyl sites for hydroxylation is 1. The van der Waals surface area contributed by atoms with Gasteiger partial charge in [0.1, 0.15) is 0 Å². The van der Waals surface area contributed by atoms with Crippen molar-refractivity contribution in [2.45, 2.75) is 19.4 Å². The van der Waals surface area contributed by atoms with Crippen molar-refractivity contribution in [2.75, 3.05) is 25.2 Å². The lowest BCUT2D eigenvalue weighted by molar-refractivity contribution is 0.174. The van der Waals surface area contributed by atoms with E-state index in [4.69, 9.17) is 9.47 Å². The van der Waals surface area contributed by atoms with E-state index in [-0.39, 0.29) is 6.79 Å². The highest BCUT2D eigenvalue weighted by molar-refractivity contribution is 5.65. The lowest BCUT2D eigenvalue weighted by atomic mass is 10.1. The molecule has 0 saturated carbocycles. The summed E-state index contributed by atoms with van der Waals surface area (Å²) in [5, 5.41) is 6.74. The number of aromatic nitrogens is 2. The van der Waals surface area contributed by atoms with Crippen LogP contribution < -0.4 is 20.1 Å². The van der Waals surface area contributed by atoms with Gasteiger partial charge in [0.15, 0.2) is 11.5 Å². The van der Waals surface area contributed by atoms with Crippen LogP contribution in [-0.2, 0) is 0 Å². The molecule has 4 rings (SSSR count). The summed E-state index contributed by atoms with van der Waals surface area (Å²) in [5.74, 6) is 2.23. The van der Waals surface area contributed by atoms with Crippen molar-refractivity contribution < 1.29 is 9.47 Å². The average Bonchev–Trinajstić information content (AvgIpc) is 3.16. The zero-order valence-electron chi connectivity index (χ0n) is 12.4. The summed E-state index contributed by atoms with van der Waals surface area (Å²) < 4.78 is 10.8. The van der Waals surface area contributed by atoms with Crippen LogP contribution in [0.15, 0.2) is 24.3 Å². The van der Waals surface area contributed by atoms with E-state index in [9.17, 15) is 0 Å². The highest BCUT2D eigenvalue weighted by Crippen LogP contribution is 2.35. The van der Waals surface area contributed by atoms with Gasteiger partial charge >= 0.3 is 0 Å². The number of benzene rings is 1. The molecule has 0 bridgehead atoms. The van der Waals surface area contributed by atoms with Crippen LogP contribution in [0.4, 0.5) is 5.95 Å². The predicted octanol–water partition coefficient (Wildman–Crippen LogP) is 1.95. The summed E-state index contributed by atoms with van der Waals surface area (Å²) in [4.78, 5) is 9.14. The Bertz CT molecular complexity index is 699. The number of hydrogen-bond acceptors (Lipinski definition) is 6. The van der Waals surface area contributed by atoms with Crippen molar-refractivity contribution in [3.63, 3.8) is 0 Å². The first-order chi connectivity index (χ1) is 10.8. The van der Waals surface area contributed by atoms with E-state index >= 15 is 0 Å². The second-order valence-electron chi connectivity index (χ2n) is 5.62. The number of ether oxygens (including phenoxy) is 2. The lowest BCUT2D eigenvalue weighted by Crippen LogP contribution is -2.23. The molecule has 1 atom stereocenters. The Labute approximate surface area is 128 Å². The highest BCUT2D eigenvalue weighted by atomic mass is 16.7. The number of hydrogen-bond donors (Lipinski definition) is 2. The van der Waals surface area contributed by atoms with Crippen LogP contribution in [0.5, 0.6) is 11.5 Å². The van der Waals surface area contributed by atoms with E-state index in [1.165, 1.54) is 0 Å². The lowest BCUT2D eigenvalue weighted by Gasteiger charge is -2.13. The van der Waals surface area contributed by atoms with Crippen LogP contribution in [0, 0.1) is 6.92 Å². The zero-order valence-corrected chi connectivity index (χ0v) is 12.4. The molecule has 114 valence electrons. The van der Waals surface area contributed by atoms with Crippen LogP contribution in [0.3, 0.4) is 0 Å². The van der Waals surface area contributed by atoms with Gasteiger partial charge in [0.25, 0.3) is 0 Å². The largest absolute Gasteiger partial charge is 0.454 e. The molecule has 1 aromatic carbocycles. The fourth-order valence-corrected chi connectivity index (χ4v) is 2.80. The smallest absolute Gasteiger partial charge is 0.231 e. The number of fused-ring (bicyclic) bond motifs is 1. The molecule has 6 nitrogen and oxygen atoms in total. The van der Waals surface area contributed by atoms with Gasteiger partial charge in [-0.3, -0.25) is 0 Å². The molecule has 2 aromatic rings. The van der Waals surface area contributed by atoms with E-state index in [1.807, 2.05) is 31.2 Å². The molecule has 6 heteroatoms. The quantitative estimate of drug-likeness (QED) is 0.903. The van der Waals surface area contributed by atoms with Gasteiger partial charge in [0.2, 0.25) is 12.7 Å². The minimum atomic E-state index is 0.281. The fraction of sp³-hybridized carbons (Fsp3) is 0.375. The maximum absolute atomic E-state index is 5.44. The monoisotopic (exact) mass is 298 g/mol. The Morgan fingerprint density at radius 2 is 2.09 bits per heavy atom. The molecule has 0 aliphatic carbocycles. The van der Waals surface area contributed by atoms with E-state index in [0.717, 1.165) is 48.0 Å². The Kier molecular flexibility index (Phi) is 3.31. The van der Waals surface area contributed by atoms with Crippen LogP contribution in [0.2, 0.25) is 0 Å². The molecule has 0 radical (unpaired) electrons. The summed E-state index contributed by atoms with van der Waals surface area (Å²) in [6.45, 7) is 4.26. The predicted molar refractivity (Wildman–Crippen MR) is 83.2 cm³/mol. The molecule has 3 heterocycles. The summed E-state index contributed by atoms with van der Waals surface area (Å²) >= 11 is 0. The van der Waals surface area contributed by atoms with Crippen molar-refractivity contribution in [1.29, 1.82) is 0 Å². The third kappa shape index (κ3) is 2.57. The SMILES string of the molecule is Cc1cc(-c2ccc3c(c2)OCO3)nc(NC2CCNC2)n1. The molecule has 0 amide bonds. The van der Waals surface area contributed by atoms with E-state index < -0.39 is 0 Å². The summed E-state index contributed by atoms with van der Waals surface area (Å²) in [5.41, 5.74) is 2.83. The van der Waals surface area contributed by atoms with Crippen molar-refractivity contribution in [3.8, 4) is 22.8 Å². The Balaban J connectivity index is 1.64. The van der Waals surface area contributed by atoms with Gasteiger partial charge in [-0.05, 0) is 44.2 Å². The minimum Gasteiger partial charge on any atom is -0.454 e. The Morgan fingerprint density at radius 1 is 1.18 bits per heavy atom. The van der Waals surface area contributed by atoms with E-state index in [1.54, 1.807) is 0 Å². The number of anilines is 1. The molecule has 1 saturated heterocycles. The summed E-state index contributed by atoms with van der Waals surface area (Å²) in [6.07, 6.45) is 1.09. The Morgan fingerprint density at radius 3 is 2.95 bits per heavy atom. The zero-order chi connectivity index (χ0) is 14.9. The van der Waals surface area contributed by atoms with Crippen molar-refractivity contribution in [1.82, 2.24) is 15.3 Å². The normalized spacial score (nSPS) is 19.4.